The Hall–Kier alpha value is -0.570. The van der Waals surface area contributed by atoms with Gasteiger partial charge < -0.3 is 10.6 Å². The lowest BCUT2D eigenvalue weighted by atomic mass is 10.5. The van der Waals surface area contributed by atoms with Gasteiger partial charge in [-0.25, -0.2) is 0 Å². The van der Waals surface area contributed by atoms with E-state index in [4.69, 9.17) is 0 Å². The molecule has 1 saturated carbocycles. The molecule has 58 valence electrons. The van der Waals surface area contributed by atoms with Gasteiger partial charge in [0.1, 0.15) is 0 Å². The van der Waals surface area contributed by atoms with Crippen LogP contribution in [-0.4, -0.2) is 25.0 Å². The minimum absolute atomic E-state index is 0.129. The van der Waals surface area contributed by atoms with E-state index in [2.05, 4.69) is 10.6 Å². The molecule has 0 unspecified atom stereocenters. The van der Waals surface area contributed by atoms with E-state index in [1.807, 2.05) is 6.92 Å². The Balaban J connectivity index is 1.97. The zero-order chi connectivity index (χ0) is 7.40. The second-order valence-electron chi connectivity index (χ2n) is 2.62. The van der Waals surface area contributed by atoms with Crippen molar-refractivity contribution < 1.29 is 4.79 Å². The van der Waals surface area contributed by atoms with Gasteiger partial charge in [0.15, 0.2) is 0 Å². The highest BCUT2D eigenvalue weighted by atomic mass is 16.2. The van der Waals surface area contributed by atoms with Gasteiger partial charge in [-0.1, -0.05) is 6.92 Å². The van der Waals surface area contributed by atoms with Gasteiger partial charge in [-0.2, -0.15) is 0 Å². The second kappa shape index (κ2) is 3.56. The van der Waals surface area contributed by atoms with Crippen molar-refractivity contribution >= 4 is 5.91 Å². The molecule has 0 spiro atoms. The molecule has 0 aromatic heterocycles. The van der Waals surface area contributed by atoms with Gasteiger partial charge in [-0.05, 0) is 19.4 Å². The smallest absolute Gasteiger partial charge is 0.234 e. The summed E-state index contributed by atoms with van der Waals surface area (Å²) in [7, 11) is 0. The summed E-state index contributed by atoms with van der Waals surface area (Å²) in [4.78, 5) is 10.9. The Labute approximate surface area is 61.2 Å². The maximum absolute atomic E-state index is 10.9. The van der Waals surface area contributed by atoms with Crippen molar-refractivity contribution in [3.63, 3.8) is 0 Å². The first-order valence-corrected chi connectivity index (χ1v) is 3.83. The van der Waals surface area contributed by atoms with Crippen LogP contribution in [0.15, 0.2) is 0 Å². The van der Waals surface area contributed by atoms with E-state index in [0.29, 0.717) is 12.6 Å². The number of carbonyl (C=O) groups excluding carboxylic acids is 1. The third kappa shape index (κ3) is 2.82. The first-order chi connectivity index (χ1) is 4.83. The molecule has 0 bridgehead atoms. The maximum atomic E-state index is 10.9. The topological polar surface area (TPSA) is 41.1 Å². The number of nitrogens with one attached hydrogen (secondary N) is 2. The molecule has 0 atom stereocenters. The van der Waals surface area contributed by atoms with Crippen LogP contribution in [0.25, 0.3) is 0 Å². The Morgan fingerprint density at radius 1 is 1.60 bits per heavy atom. The van der Waals surface area contributed by atoms with Crippen LogP contribution in [0.4, 0.5) is 0 Å². The summed E-state index contributed by atoms with van der Waals surface area (Å²) in [5.74, 6) is 0.129. The molecule has 0 heterocycles. The fourth-order valence-corrected chi connectivity index (χ4v) is 0.745. The van der Waals surface area contributed by atoms with E-state index in [0.717, 1.165) is 19.4 Å². The average Bonchev–Trinajstić information content (AvgIpc) is 2.67. The first kappa shape index (κ1) is 7.54. The van der Waals surface area contributed by atoms with Crippen LogP contribution in [0.3, 0.4) is 0 Å². The highest BCUT2D eigenvalue weighted by Gasteiger charge is 2.22. The monoisotopic (exact) mass is 142 g/mol. The second-order valence-corrected chi connectivity index (χ2v) is 2.62. The minimum atomic E-state index is 0.129. The van der Waals surface area contributed by atoms with E-state index in [9.17, 15) is 4.79 Å². The van der Waals surface area contributed by atoms with Gasteiger partial charge in [0.25, 0.3) is 0 Å². The van der Waals surface area contributed by atoms with Crippen molar-refractivity contribution in [1.29, 1.82) is 0 Å². The van der Waals surface area contributed by atoms with E-state index in [-0.39, 0.29) is 5.91 Å². The van der Waals surface area contributed by atoms with E-state index in [1.165, 1.54) is 0 Å². The highest BCUT2D eigenvalue weighted by Crippen LogP contribution is 2.17. The number of hydrogen-bond donors (Lipinski definition) is 2. The van der Waals surface area contributed by atoms with Crippen molar-refractivity contribution in [2.45, 2.75) is 25.8 Å². The quantitative estimate of drug-likeness (QED) is 0.574. The molecule has 0 saturated heterocycles. The summed E-state index contributed by atoms with van der Waals surface area (Å²) in [5, 5.41) is 5.86. The number of likely N-dealkylation sites (N-methyl/N-ethyl adjacent to an activating group) is 1. The molecule has 0 aromatic carbocycles. The molecule has 1 aliphatic carbocycles. The fourth-order valence-electron chi connectivity index (χ4n) is 0.745. The lowest BCUT2D eigenvalue weighted by Crippen LogP contribution is -2.34. The zero-order valence-corrected chi connectivity index (χ0v) is 6.31. The largest absolute Gasteiger partial charge is 0.352 e. The predicted molar refractivity (Wildman–Crippen MR) is 39.7 cm³/mol. The molecular weight excluding hydrogens is 128 g/mol. The number of hydrogen-bond acceptors (Lipinski definition) is 2. The molecule has 0 aliphatic heterocycles. The van der Waals surface area contributed by atoms with E-state index < -0.39 is 0 Å². The minimum Gasteiger partial charge on any atom is -0.352 e. The molecule has 1 amide bonds. The van der Waals surface area contributed by atoms with Crippen LogP contribution >= 0.6 is 0 Å². The normalized spacial score (nSPS) is 16.9. The van der Waals surface area contributed by atoms with Crippen LogP contribution in [0, 0.1) is 0 Å². The van der Waals surface area contributed by atoms with Gasteiger partial charge >= 0.3 is 0 Å². The predicted octanol–water partition coefficient (Wildman–Crippen LogP) is -0.126. The molecule has 3 heteroatoms. The van der Waals surface area contributed by atoms with E-state index in [1.54, 1.807) is 0 Å². The van der Waals surface area contributed by atoms with Crippen LogP contribution in [-0.2, 0) is 4.79 Å². The first-order valence-electron chi connectivity index (χ1n) is 3.83. The molecule has 2 N–H and O–H groups in total. The highest BCUT2D eigenvalue weighted by molar-refractivity contribution is 5.78. The summed E-state index contributed by atoms with van der Waals surface area (Å²) < 4.78 is 0. The maximum Gasteiger partial charge on any atom is 0.234 e. The van der Waals surface area contributed by atoms with Crippen molar-refractivity contribution in [2.24, 2.45) is 0 Å². The molecule has 1 fully saturated rings. The Bertz CT molecular complexity index is 121. The van der Waals surface area contributed by atoms with Gasteiger partial charge in [0, 0.05) is 6.04 Å². The molecule has 1 rings (SSSR count). The molecule has 0 aromatic rings. The van der Waals surface area contributed by atoms with Crippen LogP contribution in [0.5, 0.6) is 0 Å². The summed E-state index contributed by atoms with van der Waals surface area (Å²) in [5.41, 5.74) is 0. The molecule has 10 heavy (non-hydrogen) atoms. The molecule has 3 nitrogen and oxygen atoms in total. The summed E-state index contributed by atoms with van der Waals surface area (Å²) >= 11 is 0. The number of amides is 1. The Kier molecular flexibility index (Phi) is 2.68. The SMILES string of the molecule is CCNCC(=O)NC1CC1. The van der Waals surface area contributed by atoms with Crippen LogP contribution in [0.1, 0.15) is 19.8 Å². The average molecular weight is 142 g/mol. The van der Waals surface area contributed by atoms with E-state index >= 15 is 0 Å². The molecular formula is C7H14N2O. The summed E-state index contributed by atoms with van der Waals surface area (Å²) in [6, 6.07) is 0.492. The van der Waals surface area contributed by atoms with Gasteiger partial charge in [0.05, 0.1) is 6.54 Å². The third-order valence-corrected chi connectivity index (χ3v) is 1.48. The number of rotatable bonds is 4. The molecule has 0 radical (unpaired) electrons. The lowest BCUT2D eigenvalue weighted by Gasteiger charge is -2.01. The van der Waals surface area contributed by atoms with Crippen LogP contribution < -0.4 is 10.6 Å². The standard InChI is InChI=1S/C7H14N2O/c1-2-8-5-7(10)9-6-3-4-6/h6,8H,2-5H2,1H3,(H,9,10). The fraction of sp³-hybridized carbons (Fsp3) is 0.857. The lowest BCUT2D eigenvalue weighted by molar-refractivity contribution is -0.120. The van der Waals surface area contributed by atoms with Crippen LogP contribution in [0.2, 0.25) is 0 Å². The van der Waals surface area contributed by atoms with Gasteiger partial charge in [-0.3, -0.25) is 4.79 Å². The van der Waals surface area contributed by atoms with Crippen molar-refractivity contribution in [1.82, 2.24) is 10.6 Å². The summed E-state index contributed by atoms with van der Waals surface area (Å²) in [6.07, 6.45) is 2.33. The number of carbonyl (C=O) groups is 1. The third-order valence-electron chi connectivity index (χ3n) is 1.48. The Morgan fingerprint density at radius 2 is 2.30 bits per heavy atom. The van der Waals surface area contributed by atoms with Gasteiger partial charge in [-0.15, -0.1) is 0 Å². The Morgan fingerprint density at radius 3 is 2.80 bits per heavy atom. The zero-order valence-electron chi connectivity index (χ0n) is 6.31. The van der Waals surface area contributed by atoms with Crippen molar-refractivity contribution in [3.8, 4) is 0 Å². The van der Waals surface area contributed by atoms with Gasteiger partial charge in [0.2, 0.25) is 5.91 Å². The van der Waals surface area contributed by atoms with Crippen molar-refractivity contribution in [3.05, 3.63) is 0 Å². The molecule has 1 aliphatic rings. The van der Waals surface area contributed by atoms with Crippen molar-refractivity contribution in [2.75, 3.05) is 13.1 Å². The summed E-state index contributed by atoms with van der Waals surface area (Å²) in [6.45, 7) is 3.31.